The van der Waals surface area contributed by atoms with Gasteiger partial charge in [-0.3, -0.25) is 4.90 Å². The molecule has 0 radical (unpaired) electrons. The molecule has 31 heavy (non-hydrogen) atoms. The summed E-state index contributed by atoms with van der Waals surface area (Å²) >= 11 is 0. The number of benzene rings is 1. The molecule has 5 rings (SSSR count). The van der Waals surface area contributed by atoms with Crippen LogP contribution in [0.4, 0.5) is 23.1 Å². The average molecular weight is 422 g/mol. The Morgan fingerprint density at radius 2 is 1.74 bits per heavy atom. The van der Waals surface area contributed by atoms with Gasteiger partial charge in [-0.2, -0.15) is 4.98 Å². The second-order valence-electron chi connectivity index (χ2n) is 9.49. The molecule has 166 valence electrons. The predicted octanol–water partition coefficient (Wildman–Crippen LogP) is 3.20. The van der Waals surface area contributed by atoms with Gasteiger partial charge < -0.3 is 20.9 Å². The quantitative estimate of drug-likeness (QED) is 0.768. The molecule has 7 heteroatoms. The Morgan fingerprint density at radius 3 is 2.39 bits per heavy atom. The van der Waals surface area contributed by atoms with E-state index in [0.717, 1.165) is 30.4 Å². The van der Waals surface area contributed by atoms with E-state index in [-0.39, 0.29) is 0 Å². The topological polar surface area (TPSA) is 73.5 Å². The number of hydrogen-bond acceptors (Lipinski definition) is 7. The molecule has 1 aromatic heterocycles. The summed E-state index contributed by atoms with van der Waals surface area (Å²) in [6, 6.07) is 7.38. The number of nitrogens with one attached hydrogen (secondary N) is 1. The van der Waals surface area contributed by atoms with Crippen molar-refractivity contribution in [2.24, 2.45) is 0 Å². The van der Waals surface area contributed by atoms with Crippen LogP contribution in [0.25, 0.3) is 0 Å². The molecule has 7 nitrogen and oxygen atoms in total. The van der Waals surface area contributed by atoms with Gasteiger partial charge >= 0.3 is 0 Å². The first-order valence-corrected chi connectivity index (χ1v) is 11.7. The zero-order valence-electron chi connectivity index (χ0n) is 18.8. The van der Waals surface area contributed by atoms with Crippen molar-refractivity contribution in [3.8, 4) is 0 Å². The van der Waals surface area contributed by atoms with Gasteiger partial charge in [0.2, 0.25) is 5.95 Å². The first kappa shape index (κ1) is 20.5. The van der Waals surface area contributed by atoms with E-state index >= 15 is 0 Å². The van der Waals surface area contributed by atoms with Crippen molar-refractivity contribution in [1.82, 2.24) is 19.8 Å². The van der Waals surface area contributed by atoms with Crippen LogP contribution in [-0.4, -0.2) is 72.1 Å². The normalized spacial score (nSPS) is 21.4. The van der Waals surface area contributed by atoms with Crippen molar-refractivity contribution in [3.05, 3.63) is 35.5 Å². The predicted molar refractivity (Wildman–Crippen MR) is 127 cm³/mol. The van der Waals surface area contributed by atoms with Gasteiger partial charge in [0.15, 0.2) is 0 Å². The smallest absolute Gasteiger partial charge is 0.229 e. The van der Waals surface area contributed by atoms with Crippen molar-refractivity contribution in [3.63, 3.8) is 0 Å². The lowest BCUT2D eigenvalue weighted by atomic mass is 10.0. The van der Waals surface area contributed by atoms with Crippen LogP contribution in [-0.2, 0) is 0 Å². The van der Waals surface area contributed by atoms with E-state index < -0.39 is 0 Å². The van der Waals surface area contributed by atoms with Crippen LogP contribution in [0.2, 0.25) is 0 Å². The molecule has 3 heterocycles. The number of aryl methyl sites for hydroxylation is 1. The summed E-state index contributed by atoms with van der Waals surface area (Å²) in [6.45, 7) is 9.24. The molecule has 0 amide bonds. The Morgan fingerprint density at radius 1 is 1.00 bits per heavy atom. The summed E-state index contributed by atoms with van der Waals surface area (Å²) in [5.41, 5.74) is 10.8. The highest BCUT2D eigenvalue weighted by Gasteiger charge is 2.28. The van der Waals surface area contributed by atoms with Crippen molar-refractivity contribution >= 4 is 23.1 Å². The average Bonchev–Trinajstić information content (AvgIpc) is 3.61. The van der Waals surface area contributed by atoms with E-state index in [1.807, 2.05) is 6.20 Å². The van der Waals surface area contributed by atoms with Crippen molar-refractivity contribution in [2.45, 2.75) is 44.6 Å². The Labute approximate surface area is 185 Å². The van der Waals surface area contributed by atoms with Gasteiger partial charge in [0.05, 0.1) is 0 Å². The van der Waals surface area contributed by atoms with Crippen LogP contribution in [0.5, 0.6) is 0 Å². The third kappa shape index (κ3) is 4.62. The summed E-state index contributed by atoms with van der Waals surface area (Å²) in [7, 11) is 2.23. The van der Waals surface area contributed by atoms with Crippen LogP contribution < -0.4 is 16.0 Å². The number of piperidine rings is 1. The second-order valence-corrected chi connectivity index (χ2v) is 9.49. The minimum atomic E-state index is 0.565. The molecule has 0 spiro atoms. The largest absolute Gasteiger partial charge is 0.383 e. The minimum Gasteiger partial charge on any atom is -0.383 e. The molecule has 3 fully saturated rings. The fourth-order valence-corrected chi connectivity index (χ4v) is 4.95. The zero-order valence-corrected chi connectivity index (χ0v) is 18.8. The Hall–Kier alpha value is -2.38. The van der Waals surface area contributed by atoms with Crippen molar-refractivity contribution < 1.29 is 0 Å². The number of hydrogen-bond donors (Lipinski definition) is 2. The molecule has 2 saturated heterocycles. The second kappa shape index (κ2) is 8.63. The maximum absolute atomic E-state index is 6.14. The van der Waals surface area contributed by atoms with E-state index in [1.54, 1.807) is 0 Å². The number of piperazine rings is 1. The van der Waals surface area contributed by atoms with E-state index in [4.69, 9.17) is 5.73 Å². The van der Waals surface area contributed by atoms with Gasteiger partial charge in [0.1, 0.15) is 5.82 Å². The number of nitrogen functional groups attached to an aromatic ring is 1. The van der Waals surface area contributed by atoms with Gasteiger partial charge in [-0.25, -0.2) is 4.98 Å². The highest BCUT2D eigenvalue weighted by Crippen LogP contribution is 2.42. The van der Waals surface area contributed by atoms with Crippen LogP contribution in [0.3, 0.4) is 0 Å². The number of aromatic nitrogens is 2. The summed E-state index contributed by atoms with van der Waals surface area (Å²) in [4.78, 5) is 16.6. The van der Waals surface area contributed by atoms with Crippen LogP contribution in [0.15, 0.2) is 24.4 Å². The molecular formula is C24H35N7. The van der Waals surface area contributed by atoms with Gasteiger partial charge in [0, 0.05) is 68.4 Å². The summed E-state index contributed by atoms with van der Waals surface area (Å²) in [5, 5.41) is 3.35. The van der Waals surface area contributed by atoms with E-state index in [1.165, 1.54) is 63.1 Å². The molecule has 2 aliphatic heterocycles. The Bertz CT molecular complexity index is 910. The number of likely N-dealkylation sites (N-methyl/N-ethyl adjacent to an activating group) is 1. The van der Waals surface area contributed by atoms with E-state index in [0.29, 0.717) is 17.7 Å². The molecule has 1 aliphatic carbocycles. The van der Waals surface area contributed by atoms with Gasteiger partial charge in [-0.15, -0.1) is 0 Å². The van der Waals surface area contributed by atoms with Gasteiger partial charge in [0.25, 0.3) is 0 Å². The molecule has 3 aliphatic rings. The third-order valence-corrected chi connectivity index (χ3v) is 7.21. The summed E-state index contributed by atoms with van der Waals surface area (Å²) in [6.07, 6.45) is 6.80. The van der Waals surface area contributed by atoms with Gasteiger partial charge in [-0.05, 0) is 69.3 Å². The van der Waals surface area contributed by atoms with Gasteiger partial charge in [-0.1, -0.05) is 0 Å². The Kier molecular flexibility index (Phi) is 5.71. The molecule has 2 aromatic rings. The summed E-state index contributed by atoms with van der Waals surface area (Å²) in [5.74, 6) is 1.75. The molecule has 1 saturated carbocycles. The monoisotopic (exact) mass is 421 g/mol. The molecule has 3 N–H and O–H groups in total. The van der Waals surface area contributed by atoms with Crippen LogP contribution in [0.1, 0.15) is 42.7 Å². The maximum Gasteiger partial charge on any atom is 0.229 e. The number of rotatable bonds is 5. The first-order valence-electron chi connectivity index (χ1n) is 11.7. The standard InChI is InChI=1S/C24H35N7/c1-17-15-20(30-9-7-19(8-10-30)31-13-11-29(2)12-14-31)5-6-22(17)27-24-26-16-21(18-3-4-18)23(25)28-24/h5-6,15-16,18-19H,3-4,7-14H2,1-2H3,(H3,25,26,27,28). The first-order chi connectivity index (χ1) is 15.1. The molecule has 0 unspecified atom stereocenters. The molecular weight excluding hydrogens is 386 g/mol. The Balaban J connectivity index is 1.19. The van der Waals surface area contributed by atoms with Crippen LogP contribution in [0, 0.1) is 6.92 Å². The molecule has 1 aromatic carbocycles. The lowest BCUT2D eigenvalue weighted by Crippen LogP contribution is -2.52. The lowest BCUT2D eigenvalue weighted by Gasteiger charge is -2.42. The molecule has 0 bridgehead atoms. The highest BCUT2D eigenvalue weighted by atomic mass is 15.3. The SMILES string of the molecule is Cc1cc(N2CCC(N3CCN(C)CC3)CC2)ccc1Nc1ncc(C2CC2)c(N)n1. The maximum atomic E-state index is 6.14. The summed E-state index contributed by atoms with van der Waals surface area (Å²) < 4.78 is 0. The minimum absolute atomic E-state index is 0.565. The van der Waals surface area contributed by atoms with Crippen LogP contribution >= 0.6 is 0 Å². The molecule has 0 atom stereocenters. The highest BCUT2D eigenvalue weighted by molar-refractivity contribution is 5.65. The zero-order chi connectivity index (χ0) is 21.4. The van der Waals surface area contributed by atoms with E-state index in [2.05, 4.69) is 62.2 Å². The van der Waals surface area contributed by atoms with Crippen molar-refractivity contribution in [1.29, 1.82) is 0 Å². The number of nitrogens with two attached hydrogens (primary N) is 1. The lowest BCUT2D eigenvalue weighted by molar-refractivity contribution is 0.0982. The number of anilines is 4. The fraction of sp³-hybridized carbons (Fsp3) is 0.583. The fourth-order valence-electron chi connectivity index (χ4n) is 4.95. The van der Waals surface area contributed by atoms with Crippen molar-refractivity contribution in [2.75, 3.05) is 62.3 Å². The third-order valence-electron chi connectivity index (χ3n) is 7.21. The van der Waals surface area contributed by atoms with E-state index in [9.17, 15) is 0 Å². The number of nitrogens with zero attached hydrogens (tertiary/aromatic N) is 5.